The molecule has 2 aromatic heterocycles. The third-order valence-electron chi connectivity index (χ3n) is 4.66. The Morgan fingerprint density at radius 2 is 1.79 bits per heavy atom. The molecule has 150 valence electrons. The van der Waals surface area contributed by atoms with Crippen LogP contribution in [0.4, 0.5) is 13.2 Å². The molecule has 1 atom stereocenters. The average Bonchev–Trinajstić information content (AvgIpc) is 3.32. The lowest BCUT2D eigenvalue weighted by atomic mass is 10.00. The van der Waals surface area contributed by atoms with Crippen LogP contribution in [0.2, 0.25) is 0 Å². The number of ether oxygens (including phenoxy) is 1. The number of hydrogen-bond acceptors (Lipinski definition) is 3. The van der Waals surface area contributed by atoms with Crippen LogP contribution in [0.15, 0.2) is 47.8 Å². The molecular weight excluding hydrogens is 401 g/mol. The molecule has 0 N–H and O–H groups in total. The van der Waals surface area contributed by atoms with Gasteiger partial charge in [0.2, 0.25) is 0 Å². The lowest BCUT2D eigenvalue weighted by Crippen LogP contribution is -2.11. The highest BCUT2D eigenvalue weighted by Gasteiger charge is 2.34. The van der Waals surface area contributed by atoms with Gasteiger partial charge in [0.05, 0.1) is 12.2 Å². The number of rotatable bonds is 7. The number of thiophene rings is 2. The molecule has 28 heavy (non-hydrogen) atoms. The number of hydrogen-bond donors (Lipinski definition) is 0. The molecule has 0 amide bonds. The average molecular weight is 425 g/mol. The lowest BCUT2D eigenvalue weighted by Gasteiger charge is -2.17. The fourth-order valence-electron chi connectivity index (χ4n) is 2.91. The highest BCUT2D eigenvalue weighted by Crippen LogP contribution is 2.39. The Hall–Kier alpha value is -1.79. The Kier molecular flexibility index (Phi) is 6.50. The first-order chi connectivity index (χ1) is 13.3. The molecule has 0 aliphatic rings. The first kappa shape index (κ1) is 20.9. The van der Waals surface area contributed by atoms with E-state index >= 15 is 0 Å². The van der Waals surface area contributed by atoms with Crippen LogP contribution in [0.25, 0.3) is 9.75 Å². The molecule has 1 nitrogen and oxygen atoms in total. The quantitative estimate of drug-likeness (QED) is 0.371. The Morgan fingerprint density at radius 3 is 2.43 bits per heavy atom. The number of alkyl halides is 3. The largest absolute Gasteiger partial charge is 0.493 e. The molecule has 1 unspecified atom stereocenters. The Balaban J connectivity index is 1.64. The first-order valence-electron chi connectivity index (χ1n) is 9.23. The van der Waals surface area contributed by atoms with Gasteiger partial charge in [0.25, 0.3) is 0 Å². The predicted octanol–water partition coefficient (Wildman–Crippen LogP) is 8.19. The van der Waals surface area contributed by atoms with Crippen molar-refractivity contribution < 1.29 is 17.9 Å². The highest BCUT2D eigenvalue weighted by atomic mass is 32.1. The molecule has 3 aromatic rings. The van der Waals surface area contributed by atoms with Crippen LogP contribution in [0.3, 0.4) is 0 Å². The molecule has 0 aliphatic heterocycles. The maximum atomic E-state index is 13.4. The zero-order chi connectivity index (χ0) is 20.3. The van der Waals surface area contributed by atoms with Crippen LogP contribution in [0.1, 0.15) is 55.0 Å². The van der Waals surface area contributed by atoms with E-state index in [1.165, 1.54) is 26.8 Å². The molecule has 0 fully saturated rings. The summed E-state index contributed by atoms with van der Waals surface area (Å²) in [5.41, 5.74) is -0.0322. The van der Waals surface area contributed by atoms with E-state index in [0.717, 1.165) is 0 Å². The second-order valence-corrected chi connectivity index (χ2v) is 9.19. The van der Waals surface area contributed by atoms with Crippen molar-refractivity contribution in [3.63, 3.8) is 0 Å². The molecule has 0 bridgehead atoms. The molecule has 0 saturated carbocycles. The normalized spacial score (nSPS) is 13.1. The van der Waals surface area contributed by atoms with E-state index in [-0.39, 0.29) is 24.2 Å². The standard InChI is InChI=1S/C22H23F3OS2/c1-14(2)16-6-7-18(17(13-16)22(23,24)25)26-11-10-15(3)19-8-9-21(28-19)20-5-4-12-27-20/h4-9,12-15H,10-11H2,1-3H3. The van der Waals surface area contributed by atoms with Gasteiger partial charge in [-0.05, 0) is 59.5 Å². The monoisotopic (exact) mass is 424 g/mol. The van der Waals surface area contributed by atoms with Crippen LogP contribution in [0.5, 0.6) is 5.75 Å². The fourth-order valence-corrected chi connectivity index (χ4v) is 4.84. The topological polar surface area (TPSA) is 9.23 Å². The van der Waals surface area contributed by atoms with Crippen molar-refractivity contribution >= 4 is 22.7 Å². The van der Waals surface area contributed by atoms with Crippen molar-refractivity contribution in [1.82, 2.24) is 0 Å². The smallest absolute Gasteiger partial charge is 0.419 e. The summed E-state index contributed by atoms with van der Waals surface area (Å²) >= 11 is 3.43. The third kappa shape index (κ3) is 4.97. The minimum Gasteiger partial charge on any atom is -0.493 e. The summed E-state index contributed by atoms with van der Waals surface area (Å²) in [6.07, 6.45) is -3.76. The van der Waals surface area contributed by atoms with Crippen molar-refractivity contribution in [2.45, 2.75) is 45.2 Å². The maximum Gasteiger partial charge on any atom is 0.419 e. The second-order valence-electron chi connectivity index (χ2n) is 7.13. The number of halogens is 3. The van der Waals surface area contributed by atoms with E-state index in [0.29, 0.717) is 12.0 Å². The van der Waals surface area contributed by atoms with Crippen LogP contribution in [0, 0.1) is 0 Å². The van der Waals surface area contributed by atoms with Gasteiger partial charge in [-0.2, -0.15) is 13.2 Å². The van der Waals surface area contributed by atoms with E-state index in [9.17, 15) is 13.2 Å². The van der Waals surface area contributed by atoms with Gasteiger partial charge in [0.15, 0.2) is 0 Å². The second kappa shape index (κ2) is 8.70. The maximum absolute atomic E-state index is 13.4. The van der Waals surface area contributed by atoms with Gasteiger partial charge < -0.3 is 4.74 Å². The van der Waals surface area contributed by atoms with Gasteiger partial charge in [-0.25, -0.2) is 0 Å². The number of benzene rings is 1. The van der Waals surface area contributed by atoms with E-state index in [1.807, 2.05) is 19.9 Å². The Bertz CT molecular complexity index is 895. The van der Waals surface area contributed by atoms with Crippen LogP contribution in [-0.2, 0) is 6.18 Å². The van der Waals surface area contributed by atoms with Crippen molar-refractivity contribution in [1.29, 1.82) is 0 Å². The van der Waals surface area contributed by atoms with Gasteiger partial charge in [-0.1, -0.05) is 32.9 Å². The highest BCUT2D eigenvalue weighted by molar-refractivity contribution is 7.21. The predicted molar refractivity (Wildman–Crippen MR) is 112 cm³/mol. The van der Waals surface area contributed by atoms with Gasteiger partial charge in [0.1, 0.15) is 5.75 Å². The van der Waals surface area contributed by atoms with E-state index in [2.05, 4.69) is 30.5 Å². The van der Waals surface area contributed by atoms with E-state index in [4.69, 9.17) is 4.74 Å². The van der Waals surface area contributed by atoms with Gasteiger partial charge in [-0.3, -0.25) is 0 Å². The van der Waals surface area contributed by atoms with Crippen LogP contribution >= 0.6 is 22.7 Å². The summed E-state index contributed by atoms with van der Waals surface area (Å²) in [5, 5.41) is 2.05. The van der Waals surface area contributed by atoms with Crippen LogP contribution in [-0.4, -0.2) is 6.61 Å². The molecule has 1 aromatic carbocycles. The third-order valence-corrected chi connectivity index (χ3v) is 7.04. The van der Waals surface area contributed by atoms with Gasteiger partial charge in [-0.15, -0.1) is 22.7 Å². The van der Waals surface area contributed by atoms with Crippen molar-refractivity contribution in [2.24, 2.45) is 0 Å². The SMILES string of the molecule is CC(C)c1ccc(OCCC(C)c2ccc(-c3cccs3)s2)c(C(F)(F)F)c1. The molecule has 3 rings (SSSR count). The summed E-state index contributed by atoms with van der Waals surface area (Å²) in [4.78, 5) is 3.68. The molecule has 0 saturated heterocycles. The summed E-state index contributed by atoms with van der Waals surface area (Å²) in [6, 6.07) is 12.7. The van der Waals surface area contributed by atoms with Crippen molar-refractivity contribution in [2.75, 3.05) is 6.61 Å². The zero-order valence-electron chi connectivity index (χ0n) is 16.0. The van der Waals surface area contributed by atoms with Crippen molar-refractivity contribution in [3.05, 3.63) is 63.8 Å². The molecule has 0 radical (unpaired) electrons. The van der Waals surface area contributed by atoms with Gasteiger partial charge >= 0.3 is 6.18 Å². The molecule has 0 aliphatic carbocycles. The van der Waals surface area contributed by atoms with Crippen LogP contribution < -0.4 is 4.74 Å². The molecule has 6 heteroatoms. The van der Waals surface area contributed by atoms with E-state index in [1.54, 1.807) is 28.7 Å². The Morgan fingerprint density at radius 1 is 1.00 bits per heavy atom. The lowest BCUT2D eigenvalue weighted by molar-refractivity contribution is -0.139. The first-order valence-corrected chi connectivity index (χ1v) is 10.9. The van der Waals surface area contributed by atoms with Gasteiger partial charge in [0, 0.05) is 14.6 Å². The minimum atomic E-state index is -4.42. The zero-order valence-corrected chi connectivity index (χ0v) is 17.7. The summed E-state index contributed by atoms with van der Waals surface area (Å²) < 4.78 is 45.8. The molecule has 2 heterocycles. The summed E-state index contributed by atoms with van der Waals surface area (Å²) in [6.45, 7) is 6.09. The minimum absolute atomic E-state index is 0.0338. The van der Waals surface area contributed by atoms with Crippen molar-refractivity contribution in [3.8, 4) is 15.5 Å². The Labute approximate surface area is 171 Å². The fraction of sp³-hybridized carbons (Fsp3) is 0.364. The summed E-state index contributed by atoms with van der Waals surface area (Å²) in [5.74, 6) is 0.170. The summed E-state index contributed by atoms with van der Waals surface area (Å²) in [7, 11) is 0. The molecule has 0 spiro atoms. The molecular formula is C22H23F3OS2. The van der Waals surface area contributed by atoms with E-state index < -0.39 is 11.7 Å².